The van der Waals surface area contributed by atoms with Crippen LogP contribution in [0.4, 0.5) is 15.2 Å². The predicted octanol–water partition coefficient (Wildman–Crippen LogP) is 4.46. The number of carbonyl (C=O) groups is 2. The predicted molar refractivity (Wildman–Crippen MR) is 116 cm³/mol. The smallest absolute Gasteiger partial charge is 0.261 e. The van der Waals surface area contributed by atoms with Crippen molar-refractivity contribution in [3.63, 3.8) is 0 Å². The van der Waals surface area contributed by atoms with Crippen molar-refractivity contribution >= 4 is 44.9 Å². The van der Waals surface area contributed by atoms with Crippen molar-refractivity contribution in [2.45, 2.75) is 6.42 Å². The number of ether oxygens (including phenoxy) is 1. The van der Waals surface area contributed by atoms with Crippen molar-refractivity contribution in [1.82, 2.24) is 4.98 Å². The van der Waals surface area contributed by atoms with E-state index in [1.54, 1.807) is 36.5 Å². The topological polar surface area (TPSA) is 93.5 Å². The summed E-state index contributed by atoms with van der Waals surface area (Å²) in [5, 5.41) is 6.48. The second-order valence-corrected chi connectivity index (χ2v) is 7.85. The maximum atomic E-state index is 13.0. The van der Waals surface area contributed by atoms with Gasteiger partial charge in [0.25, 0.3) is 5.91 Å². The molecular formula is C22H18FN3O4S. The van der Waals surface area contributed by atoms with Gasteiger partial charge in [0, 0.05) is 35.7 Å². The molecule has 0 spiro atoms. The number of fused-ring (bicyclic) bond motifs is 1. The second-order valence-electron chi connectivity index (χ2n) is 6.73. The summed E-state index contributed by atoms with van der Waals surface area (Å²) in [5.41, 5.74) is 2.33. The minimum atomic E-state index is -0.373. The summed E-state index contributed by atoms with van der Waals surface area (Å²) in [5.74, 6) is -0.954. The quantitative estimate of drug-likeness (QED) is 0.444. The van der Waals surface area contributed by atoms with Gasteiger partial charge >= 0.3 is 0 Å². The van der Waals surface area contributed by atoms with Gasteiger partial charge in [-0.05, 0) is 35.9 Å². The number of amides is 2. The van der Waals surface area contributed by atoms with Crippen molar-refractivity contribution in [1.29, 1.82) is 0 Å². The van der Waals surface area contributed by atoms with Crippen LogP contribution in [0.2, 0.25) is 0 Å². The maximum absolute atomic E-state index is 13.0. The summed E-state index contributed by atoms with van der Waals surface area (Å²) < 4.78 is 23.3. The van der Waals surface area contributed by atoms with Crippen LogP contribution in [-0.2, 0) is 16.0 Å². The summed E-state index contributed by atoms with van der Waals surface area (Å²) in [6.07, 6.45) is 3.64. The van der Waals surface area contributed by atoms with Crippen molar-refractivity contribution in [3.8, 4) is 0 Å². The minimum absolute atomic E-state index is 0.0684. The SMILES string of the molecule is COCC(=O)Nc1ccc2occ(C(=O)Nc3ncc(Cc4ccc(F)cc4)s3)c2c1. The fraction of sp³-hybridized carbons (Fsp3) is 0.136. The van der Waals surface area contributed by atoms with Crippen LogP contribution in [0.1, 0.15) is 20.8 Å². The number of nitrogens with one attached hydrogen (secondary N) is 2. The highest BCUT2D eigenvalue weighted by molar-refractivity contribution is 7.15. The van der Waals surface area contributed by atoms with Gasteiger partial charge in [-0.15, -0.1) is 11.3 Å². The van der Waals surface area contributed by atoms with Gasteiger partial charge in [0.15, 0.2) is 5.13 Å². The molecule has 31 heavy (non-hydrogen) atoms. The lowest BCUT2D eigenvalue weighted by molar-refractivity contribution is -0.119. The summed E-state index contributed by atoms with van der Waals surface area (Å²) in [6, 6.07) is 11.3. The first-order chi connectivity index (χ1) is 15.0. The average molecular weight is 439 g/mol. The van der Waals surface area contributed by atoms with E-state index in [9.17, 15) is 14.0 Å². The van der Waals surface area contributed by atoms with E-state index in [0.29, 0.717) is 33.8 Å². The van der Waals surface area contributed by atoms with Gasteiger partial charge in [0.2, 0.25) is 5.91 Å². The number of aromatic nitrogens is 1. The summed E-state index contributed by atoms with van der Waals surface area (Å²) in [4.78, 5) is 29.7. The van der Waals surface area contributed by atoms with Gasteiger partial charge in [-0.2, -0.15) is 0 Å². The highest BCUT2D eigenvalue weighted by Crippen LogP contribution is 2.27. The Morgan fingerprint density at radius 2 is 1.97 bits per heavy atom. The number of rotatable bonds is 7. The van der Waals surface area contributed by atoms with Gasteiger partial charge in [-0.25, -0.2) is 9.37 Å². The van der Waals surface area contributed by atoms with Gasteiger partial charge in [-0.3, -0.25) is 14.9 Å². The van der Waals surface area contributed by atoms with Crippen molar-refractivity contribution in [2.24, 2.45) is 0 Å². The maximum Gasteiger partial charge on any atom is 0.261 e. The minimum Gasteiger partial charge on any atom is -0.463 e. The number of hydrogen-bond acceptors (Lipinski definition) is 6. The molecule has 0 aliphatic rings. The van der Waals surface area contributed by atoms with Gasteiger partial charge in [0.1, 0.15) is 24.3 Å². The van der Waals surface area contributed by atoms with E-state index in [-0.39, 0.29) is 24.2 Å². The Bertz CT molecular complexity index is 1230. The Balaban J connectivity index is 1.47. The molecule has 4 aromatic rings. The van der Waals surface area contributed by atoms with Crippen LogP contribution >= 0.6 is 11.3 Å². The van der Waals surface area contributed by atoms with E-state index in [1.165, 1.54) is 36.8 Å². The van der Waals surface area contributed by atoms with E-state index in [4.69, 9.17) is 9.15 Å². The average Bonchev–Trinajstić information content (AvgIpc) is 3.36. The van der Waals surface area contributed by atoms with Crippen LogP contribution in [0.3, 0.4) is 0 Å². The fourth-order valence-electron chi connectivity index (χ4n) is 3.03. The Labute approximate surface area is 180 Å². The van der Waals surface area contributed by atoms with Crippen molar-refractivity contribution < 1.29 is 23.1 Å². The standard InChI is InChI=1S/C22H18FN3O4S/c1-29-12-20(27)25-15-6-7-19-17(9-15)18(11-30-19)21(28)26-22-24-10-16(31-22)8-13-2-4-14(23)5-3-13/h2-7,9-11H,8,12H2,1H3,(H,25,27)(H,24,26,28). The molecule has 7 nitrogen and oxygen atoms in total. The summed E-state index contributed by atoms with van der Waals surface area (Å²) in [6.45, 7) is -0.0684. The van der Waals surface area contributed by atoms with E-state index in [2.05, 4.69) is 15.6 Å². The molecule has 158 valence electrons. The number of anilines is 2. The Hall–Kier alpha value is -3.56. The number of nitrogens with zero attached hydrogens (tertiary/aromatic N) is 1. The van der Waals surface area contributed by atoms with Gasteiger partial charge in [-0.1, -0.05) is 12.1 Å². The van der Waals surface area contributed by atoms with Crippen LogP contribution in [-0.4, -0.2) is 30.5 Å². The first kappa shape index (κ1) is 20.7. The van der Waals surface area contributed by atoms with Gasteiger partial charge in [0.05, 0.1) is 5.56 Å². The number of methoxy groups -OCH3 is 1. The third kappa shape index (κ3) is 4.96. The fourth-order valence-corrected chi connectivity index (χ4v) is 3.87. The first-order valence-corrected chi connectivity index (χ1v) is 10.1. The van der Waals surface area contributed by atoms with E-state index in [1.807, 2.05) is 0 Å². The number of furan rings is 1. The summed E-state index contributed by atoms with van der Waals surface area (Å²) >= 11 is 1.34. The molecule has 4 rings (SSSR count). The molecule has 0 aliphatic heterocycles. The zero-order valence-corrected chi connectivity index (χ0v) is 17.3. The van der Waals surface area contributed by atoms with Crippen molar-refractivity contribution in [3.05, 3.63) is 76.7 Å². The third-order valence-electron chi connectivity index (χ3n) is 4.44. The lowest BCUT2D eigenvalue weighted by Crippen LogP contribution is -2.17. The zero-order valence-electron chi connectivity index (χ0n) is 16.5. The Morgan fingerprint density at radius 3 is 2.74 bits per heavy atom. The largest absolute Gasteiger partial charge is 0.463 e. The molecule has 2 amide bonds. The normalized spacial score (nSPS) is 10.9. The second kappa shape index (κ2) is 9.07. The van der Waals surface area contributed by atoms with Crippen LogP contribution < -0.4 is 10.6 Å². The molecule has 2 aromatic heterocycles. The number of hydrogen-bond donors (Lipinski definition) is 2. The zero-order chi connectivity index (χ0) is 21.8. The van der Waals surface area contributed by atoms with Gasteiger partial charge < -0.3 is 14.5 Å². The highest BCUT2D eigenvalue weighted by Gasteiger charge is 2.16. The molecule has 2 heterocycles. The first-order valence-electron chi connectivity index (χ1n) is 9.32. The molecule has 0 radical (unpaired) electrons. The van der Waals surface area contributed by atoms with Crippen LogP contribution in [0.15, 0.2) is 59.3 Å². The molecule has 2 N–H and O–H groups in total. The molecule has 0 fully saturated rings. The molecule has 0 unspecified atom stereocenters. The Morgan fingerprint density at radius 1 is 1.16 bits per heavy atom. The molecule has 0 bridgehead atoms. The van der Waals surface area contributed by atoms with Crippen LogP contribution in [0.5, 0.6) is 0 Å². The highest BCUT2D eigenvalue weighted by atomic mass is 32.1. The number of benzene rings is 2. The Kier molecular flexibility index (Phi) is 6.06. The molecule has 2 aromatic carbocycles. The lowest BCUT2D eigenvalue weighted by Gasteiger charge is -2.05. The number of halogens is 1. The molecule has 0 saturated carbocycles. The van der Waals surface area contributed by atoms with Crippen molar-refractivity contribution in [2.75, 3.05) is 24.4 Å². The van der Waals surface area contributed by atoms with Crippen LogP contribution in [0, 0.1) is 5.82 Å². The summed E-state index contributed by atoms with van der Waals surface area (Å²) in [7, 11) is 1.44. The lowest BCUT2D eigenvalue weighted by atomic mass is 10.1. The number of carbonyl (C=O) groups excluding carboxylic acids is 2. The third-order valence-corrected chi connectivity index (χ3v) is 5.36. The molecule has 9 heteroatoms. The van der Waals surface area contributed by atoms with E-state index < -0.39 is 0 Å². The monoisotopic (exact) mass is 439 g/mol. The number of thiazole rings is 1. The molecular weight excluding hydrogens is 421 g/mol. The van der Waals surface area contributed by atoms with Crippen LogP contribution in [0.25, 0.3) is 11.0 Å². The molecule has 0 aliphatic carbocycles. The molecule has 0 saturated heterocycles. The van der Waals surface area contributed by atoms with E-state index in [0.717, 1.165) is 10.4 Å². The van der Waals surface area contributed by atoms with E-state index >= 15 is 0 Å². The molecule has 0 atom stereocenters.